The molecule has 1 aliphatic rings. The largest absolute Gasteiger partial charge is 0.465 e. The van der Waals surface area contributed by atoms with Gasteiger partial charge in [-0.3, -0.25) is 0 Å². The Balaban J connectivity index is 0.00000218. The van der Waals surface area contributed by atoms with Gasteiger partial charge in [-0.1, -0.05) is 18.2 Å². The van der Waals surface area contributed by atoms with Crippen molar-refractivity contribution in [1.29, 1.82) is 0 Å². The van der Waals surface area contributed by atoms with E-state index in [0.717, 1.165) is 59.6 Å². The van der Waals surface area contributed by atoms with Crippen LogP contribution in [0.15, 0.2) is 54.9 Å². The van der Waals surface area contributed by atoms with E-state index in [1.54, 1.807) is 6.33 Å². The van der Waals surface area contributed by atoms with Crippen molar-refractivity contribution in [3.05, 3.63) is 60.4 Å². The number of piperazine rings is 1. The van der Waals surface area contributed by atoms with Crippen LogP contribution in [0, 0.1) is 0 Å². The number of ether oxygens (including phenoxy) is 1. The van der Waals surface area contributed by atoms with E-state index in [1.807, 2.05) is 36.4 Å². The minimum Gasteiger partial charge on any atom is -0.465 e. The number of methoxy groups -OCH3 is 1. The second-order valence-electron chi connectivity index (χ2n) is 7.10. The Morgan fingerprint density at radius 2 is 1.67 bits per heavy atom. The number of nitrogens with one attached hydrogen (secondary N) is 1. The fraction of sp³-hybridized carbons (Fsp3) is 0.227. The average molecular weight is 424 g/mol. The fourth-order valence-corrected chi connectivity index (χ4v) is 3.97. The number of H-pyrrole nitrogens is 1. The van der Waals surface area contributed by atoms with Gasteiger partial charge in [0.2, 0.25) is 0 Å². The number of benzene rings is 2. The number of carbonyl (C=O) groups excluding carboxylic acids is 1. The van der Waals surface area contributed by atoms with Crippen molar-refractivity contribution in [3.63, 3.8) is 0 Å². The van der Waals surface area contributed by atoms with Crippen molar-refractivity contribution in [3.8, 4) is 0 Å². The van der Waals surface area contributed by atoms with E-state index in [1.165, 1.54) is 7.11 Å². The lowest BCUT2D eigenvalue weighted by Crippen LogP contribution is -2.47. The number of aromatic nitrogens is 3. The Hall–Kier alpha value is -3.32. The fourth-order valence-electron chi connectivity index (χ4n) is 3.97. The van der Waals surface area contributed by atoms with E-state index in [2.05, 4.69) is 36.9 Å². The highest BCUT2D eigenvalue weighted by Crippen LogP contribution is 2.30. The van der Waals surface area contributed by atoms with Crippen LogP contribution < -0.4 is 9.80 Å². The molecule has 5 rings (SSSR count). The van der Waals surface area contributed by atoms with Crippen LogP contribution >= 0.6 is 12.4 Å². The van der Waals surface area contributed by atoms with Crippen LogP contribution in [0.2, 0.25) is 0 Å². The molecule has 0 unspecified atom stereocenters. The van der Waals surface area contributed by atoms with Crippen LogP contribution in [0.3, 0.4) is 0 Å². The molecule has 2 aromatic carbocycles. The summed E-state index contributed by atoms with van der Waals surface area (Å²) >= 11 is 0. The topological polar surface area (TPSA) is 74.3 Å². The van der Waals surface area contributed by atoms with Crippen LogP contribution in [-0.2, 0) is 4.74 Å². The molecule has 30 heavy (non-hydrogen) atoms. The lowest BCUT2D eigenvalue weighted by molar-refractivity contribution is 0.0601. The first-order chi connectivity index (χ1) is 14.2. The number of para-hydroxylation sites is 1. The highest BCUT2D eigenvalue weighted by atomic mass is 35.5. The van der Waals surface area contributed by atoms with E-state index >= 15 is 0 Å². The molecular weight excluding hydrogens is 402 g/mol. The highest BCUT2D eigenvalue weighted by Gasteiger charge is 2.22. The summed E-state index contributed by atoms with van der Waals surface area (Å²) < 4.78 is 4.77. The third-order valence-corrected chi connectivity index (χ3v) is 5.50. The quantitative estimate of drug-likeness (QED) is 0.507. The molecule has 154 valence electrons. The van der Waals surface area contributed by atoms with Crippen LogP contribution in [0.5, 0.6) is 0 Å². The normalized spacial score (nSPS) is 14.0. The maximum Gasteiger partial charge on any atom is 0.337 e. The van der Waals surface area contributed by atoms with Gasteiger partial charge in [0.1, 0.15) is 17.4 Å². The van der Waals surface area contributed by atoms with Gasteiger partial charge in [-0.2, -0.15) is 0 Å². The van der Waals surface area contributed by atoms with Crippen molar-refractivity contribution in [2.45, 2.75) is 0 Å². The summed E-state index contributed by atoms with van der Waals surface area (Å²) in [5.41, 5.74) is 4.71. The van der Waals surface area contributed by atoms with E-state index in [9.17, 15) is 4.79 Å². The zero-order valence-corrected chi connectivity index (χ0v) is 17.4. The number of carbonyl (C=O) groups is 1. The third-order valence-electron chi connectivity index (χ3n) is 5.50. The molecule has 0 spiro atoms. The van der Waals surface area contributed by atoms with Gasteiger partial charge < -0.3 is 19.5 Å². The van der Waals surface area contributed by atoms with Crippen LogP contribution in [0.25, 0.3) is 21.9 Å². The van der Waals surface area contributed by atoms with E-state index in [4.69, 9.17) is 4.74 Å². The summed E-state index contributed by atoms with van der Waals surface area (Å²) in [7, 11) is 1.40. The number of fused-ring (bicyclic) bond motifs is 3. The highest BCUT2D eigenvalue weighted by molar-refractivity contribution is 6.08. The van der Waals surface area contributed by atoms with Gasteiger partial charge in [-0.05, 0) is 30.3 Å². The summed E-state index contributed by atoms with van der Waals surface area (Å²) in [5.74, 6) is 0.638. The molecule has 1 saturated heterocycles. The van der Waals surface area contributed by atoms with Crippen molar-refractivity contribution < 1.29 is 9.53 Å². The maximum absolute atomic E-state index is 11.6. The Labute approximate surface area is 180 Å². The SMILES string of the molecule is COC(=O)c1ccc(N2CCN(c3ncnc4c3[nH]c3ccccc34)CC2)cc1.Cl. The average Bonchev–Trinajstić information content (AvgIpc) is 3.18. The summed E-state index contributed by atoms with van der Waals surface area (Å²) in [5, 5.41) is 1.12. The maximum atomic E-state index is 11.6. The minimum absolute atomic E-state index is 0. The molecule has 1 aliphatic heterocycles. The molecule has 0 saturated carbocycles. The molecule has 4 aromatic rings. The number of hydrogen-bond acceptors (Lipinski definition) is 6. The summed E-state index contributed by atoms with van der Waals surface area (Å²) in [6, 6.07) is 15.8. The lowest BCUT2D eigenvalue weighted by Gasteiger charge is -2.36. The van der Waals surface area contributed by atoms with Gasteiger partial charge in [-0.25, -0.2) is 14.8 Å². The van der Waals surface area contributed by atoms with Gasteiger partial charge in [0.25, 0.3) is 0 Å². The van der Waals surface area contributed by atoms with E-state index < -0.39 is 0 Å². The first-order valence-electron chi connectivity index (χ1n) is 9.64. The number of hydrogen-bond donors (Lipinski definition) is 1. The van der Waals surface area contributed by atoms with Crippen molar-refractivity contribution in [1.82, 2.24) is 15.0 Å². The van der Waals surface area contributed by atoms with Gasteiger partial charge in [0.05, 0.1) is 12.7 Å². The second-order valence-corrected chi connectivity index (χ2v) is 7.10. The van der Waals surface area contributed by atoms with Crippen molar-refractivity contribution in [2.75, 3.05) is 43.1 Å². The Morgan fingerprint density at radius 1 is 0.967 bits per heavy atom. The van der Waals surface area contributed by atoms with Gasteiger partial charge in [-0.15, -0.1) is 12.4 Å². The number of anilines is 2. The minimum atomic E-state index is -0.313. The summed E-state index contributed by atoms with van der Waals surface area (Å²) in [6.07, 6.45) is 1.65. The zero-order chi connectivity index (χ0) is 19.8. The molecule has 0 aliphatic carbocycles. The molecule has 3 heterocycles. The number of rotatable bonds is 3. The van der Waals surface area contributed by atoms with Gasteiger partial charge >= 0.3 is 5.97 Å². The van der Waals surface area contributed by atoms with Crippen molar-refractivity contribution >= 4 is 51.8 Å². The number of nitrogens with zero attached hydrogens (tertiary/aromatic N) is 4. The van der Waals surface area contributed by atoms with E-state index in [-0.39, 0.29) is 18.4 Å². The standard InChI is InChI=1S/C22H21N5O2.ClH/c1-29-22(28)15-6-8-16(9-7-15)26-10-12-27(13-11-26)21-20-19(23-14-24-21)17-4-2-3-5-18(17)25-20;/h2-9,14,25H,10-13H2,1H3;1H. The molecule has 0 bridgehead atoms. The molecule has 1 N–H and O–H groups in total. The van der Waals surface area contributed by atoms with Crippen molar-refractivity contribution in [2.24, 2.45) is 0 Å². The van der Waals surface area contributed by atoms with Gasteiger partial charge in [0.15, 0.2) is 5.82 Å². The number of aromatic amines is 1. The second kappa shape index (κ2) is 8.20. The molecule has 8 heteroatoms. The Kier molecular flexibility index (Phi) is 5.46. The predicted molar refractivity (Wildman–Crippen MR) is 121 cm³/mol. The third kappa shape index (κ3) is 3.41. The molecule has 7 nitrogen and oxygen atoms in total. The predicted octanol–water partition coefficient (Wildman–Crippen LogP) is 3.65. The lowest BCUT2D eigenvalue weighted by atomic mass is 10.2. The molecule has 0 radical (unpaired) electrons. The summed E-state index contributed by atoms with van der Waals surface area (Å²) in [6.45, 7) is 3.48. The Morgan fingerprint density at radius 3 is 2.40 bits per heavy atom. The van der Waals surface area contributed by atoms with Crippen LogP contribution in [0.4, 0.5) is 11.5 Å². The van der Waals surface area contributed by atoms with Crippen LogP contribution in [-0.4, -0.2) is 54.2 Å². The first kappa shape index (κ1) is 20.0. The molecule has 2 aromatic heterocycles. The monoisotopic (exact) mass is 423 g/mol. The first-order valence-corrected chi connectivity index (χ1v) is 9.64. The number of esters is 1. The van der Waals surface area contributed by atoms with E-state index in [0.29, 0.717) is 5.56 Å². The molecule has 0 atom stereocenters. The van der Waals surface area contributed by atoms with Gasteiger partial charge in [0, 0.05) is 42.8 Å². The zero-order valence-electron chi connectivity index (χ0n) is 16.5. The number of halogens is 1. The smallest absolute Gasteiger partial charge is 0.337 e. The van der Waals surface area contributed by atoms with Crippen LogP contribution in [0.1, 0.15) is 10.4 Å². The molecular formula is C22H22ClN5O2. The molecule has 1 fully saturated rings. The molecule has 0 amide bonds. The Bertz CT molecular complexity index is 1180. The summed E-state index contributed by atoms with van der Waals surface area (Å²) in [4.78, 5) is 28.8.